The van der Waals surface area contributed by atoms with Gasteiger partial charge in [0.05, 0.1) is 5.57 Å². The minimum atomic E-state index is -0.417. The lowest BCUT2D eigenvalue weighted by Crippen LogP contribution is -2.35. The predicted octanol–water partition coefficient (Wildman–Crippen LogP) is 4.94. The number of fused-ring (bicyclic) bond motifs is 1. The topological polar surface area (TPSA) is 73.8 Å². The number of unbranched alkanes of at least 4 members (excludes halogenated alkanes) is 1. The molecule has 8 heteroatoms. The highest BCUT2D eigenvalue weighted by Gasteiger charge is 2.35. The first-order chi connectivity index (χ1) is 13.6. The van der Waals surface area contributed by atoms with Crippen LogP contribution in [-0.2, 0) is 4.79 Å². The summed E-state index contributed by atoms with van der Waals surface area (Å²) in [5.74, 6) is -0.364. The number of rotatable bonds is 5. The van der Waals surface area contributed by atoms with Crippen molar-refractivity contribution < 1.29 is 4.79 Å². The molecule has 3 heterocycles. The molecule has 2 aliphatic heterocycles. The van der Waals surface area contributed by atoms with E-state index in [1.54, 1.807) is 6.08 Å². The van der Waals surface area contributed by atoms with Crippen LogP contribution in [0.2, 0.25) is 5.02 Å². The molecule has 0 spiro atoms. The number of hydrazone groups is 1. The summed E-state index contributed by atoms with van der Waals surface area (Å²) in [6.07, 6.45) is 6.50. The molecule has 0 bridgehead atoms. The van der Waals surface area contributed by atoms with Crippen LogP contribution in [0.5, 0.6) is 0 Å². The zero-order valence-corrected chi connectivity index (χ0v) is 16.8. The second-order valence-corrected chi connectivity index (χ2v) is 7.87. The summed E-state index contributed by atoms with van der Waals surface area (Å²) in [6, 6.07) is 11.2. The van der Waals surface area contributed by atoms with E-state index in [-0.39, 0.29) is 11.4 Å². The van der Waals surface area contributed by atoms with Crippen LogP contribution in [0, 0.1) is 5.41 Å². The van der Waals surface area contributed by atoms with Crippen LogP contribution in [0.4, 0.5) is 0 Å². The van der Waals surface area contributed by atoms with Gasteiger partial charge in [-0.2, -0.15) is 15.1 Å². The summed E-state index contributed by atoms with van der Waals surface area (Å²) in [6.45, 7) is 2.12. The molecule has 1 aromatic heterocycles. The Balaban J connectivity index is 1.66. The monoisotopic (exact) mass is 411 g/mol. The Labute approximate surface area is 172 Å². The molecule has 28 heavy (non-hydrogen) atoms. The first kappa shape index (κ1) is 18.7. The first-order valence-electron chi connectivity index (χ1n) is 8.99. The number of carbonyl (C=O) groups excluding carboxylic acids is 1. The van der Waals surface area contributed by atoms with Crippen molar-refractivity contribution in [1.82, 2.24) is 9.58 Å². The van der Waals surface area contributed by atoms with Gasteiger partial charge in [-0.15, -0.1) is 0 Å². The van der Waals surface area contributed by atoms with Crippen LogP contribution in [0.3, 0.4) is 0 Å². The van der Waals surface area contributed by atoms with Crippen LogP contribution in [0.1, 0.15) is 31.9 Å². The van der Waals surface area contributed by atoms with Gasteiger partial charge in [-0.05, 0) is 67.1 Å². The van der Waals surface area contributed by atoms with Gasteiger partial charge in [-0.3, -0.25) is 10.2 Å². The number of benzene rings is 1. The third-order valence-electron chi connectivity index (χ3n) is 4.42. The van der Waals surface area contributed by atoms with Gasteiger partial charge in [0.25, 0.3) is 5.91 Å². The minimum Gasteiger partial charge on any atom is -0.317 e. The largest absolute Gasteiger partial charge is 0.317 e. The predicted molar refractivity (Wildman–Crippen MR) is 115 cm³/mol. The van der Waals surface area contributed by atoms with E-state index in [4.69, 9.17) is 17.0 Å². The molecule has 4 rings (SSSR count). The zero-order chi connectivity index (χ0) is 19.7. The summed E-state index contributed by atoms with van der Waals surface area (Å²) in [7, 11) is 0. The van der Waals surface area contributed by atoms with E-state index in [2.05, 4.69) is 17.0 Å². The van der Waals surface area contributed by atoms with E-state index in [1.165, 1.54) is 16.8 Å². The number of aliphatic imine (C=N–C) groups is 1. The van der Waals surface area contributed by atoms with Crippen molar-refractivity contribution in [2.24, 2.45) is 10.1 Å². The number of amides is 1. The fourth-order valence-corrected chi connectivity index (χ4v) is 4.01. The number of nitrogens with zero attached hydrogens (tertiary/aromatic N) is 4. The van der Waals surface area contributed by atoms with Crippen molar-refractivity contribution in [1.29, 1.82) is 5.41 Å². The molecule has 0 aliphatic carbocycles. The Morgan fingerprint density at radius 3 is 2.79 bits per heavy atom. The molecule has 0 unspecified atom stereocenters. The molecule has 0 radical (unpaired) electrons. The molecule has 0 atom stereocenters. The minimum absolute atomic E-state index is 0.0536. The second-order valence-electron chi connectivity index (χ2n) is 6.40. The number of hydrogen-bond acceptors (Lipinski definition) is 4. The molecule has 0 fully saturated rings. The number of hydrogen-bond donors (Lipinski definition) is 1. The molecule has 142 valence electrons. The van der Waals surface area contributed by atoms with Gasteiger partial charge in [-0.1, -0.05) is 24.9 Å². The first-order valence-corrected chi connectivity index (χ1v) is 10.2. The van der Waals surface area contributed by atoms with Gasteiger partial charge in [0, 0.05) is 22.6 Å². The van der Waals surface area contributed by atoms with Gasteiger partial charge in [0.1, 0.15) is 5.04 Å². The lowest BCUT2D eigenvalue weighted by Gasteiger charge is -2.20. The van der Waals surface area contributed by atoms with Crippen molar-refractivity contribution in [2.45, 2.75) is 26.2 Å². The molecule has 0 saturated carbocycles. The van der Waals surface area contributed by atoms with Crippen molar-refractivity contribution >= 4 is 51.4 Å². The second kappa shape index (κ2) is 7.77. The maximum absolute atomic E-state index is 12.6. The Bertz CT molecular complexity index is 1040. The maximum Gasteiger partial charge on any atom is 0.283 e. The lowest BCUT2D eigenvalue weighted by molar-refractivity contribution is -0.114. The number of amidine groups is 2. The number of nitrogens with one attached hydrogen (secondary N) is 1. The Kier molecular flexibility index (Phi) is 5.19. The molecule has 1 aromatic carbocycles. The smallest absolute Gasteiger partial charge is 0.283 e. The van der Waals surface area contributed by atoms with Crippen LogP contribution < -0.4 is 0 Å². The molecule has 2 aromatic rings. The number of thioether (sulfide) groups is 1. The summed E-state index contributed by atoms with van der Waals surface area (Å²) < 4.78 is 1.93. The van der Waals surface area contributed by atoms with Gasteiger partial charge >= 0.3 is 0 Å². The molecule has 2 aliphatic rings. The van der Waals surface area contributed by atoms with Crippen LogP contribution in [0.25, 0.3) is 11.8 Å². The quantitative estimate of drug-likeness (QED) is 0.708. The van der Waals surface area contributed by atoms with E-state index < -0.39 is 5.91 Å². The fourth-order valence-electron chi connectivity index (χ4n) is 2.96. The van der Waals surface area contributed by atoms with Gasteiger partial charge in [0.15, 0.2) is 5.84 Å². The summed E-state index contributed by atoms with van der Waals surface area (Å²) in [4.78, 5) is 16.7. The average molecular weight is 412 g/mol. The molecule has 0 saturated heterocycles. The SMILES string of the molecule is CCCCC1=NN2C(=N)/C(=C/c3cccn3-c3ccc(Cl)cc3)C(=O)N=C2S1. The van der Waals surface area contributed by atoms with Crippen molar-refractivity contribution in [3.05, 3.63) is 58.9 Å². The van der Waals surface area contributed by atoms with Crippen molar-refractivity contribution in [3.63, 3.8) is 0 Å². The normalized spacial score (nSPS) is 17.8. The molecule has 6 nitrogen and oxygen atoms in total. The van der Waals surface area contributed by atoms with E-state index in [0.29, 0.717) is 10.2 Å². The number of aromatic nitrogens is 1. The van der Waals surface area contributed by atoms with Gasteiger partial charge < -0.3 is 4.57 Å². The third-order valence-corrected chi connectivity index (χ3v) is 5.64. The fraction of sp³-hybridized carbons (Fsp3) is 0.200. The Morgan fingerprint density at radius 2 is 2.04 bits per heavy atom. The van der Waals surface area contributed by atoms with Crippen LogP contribution in [-0.4, -0.2) is 31.5 Å². The Morgan fingerprint density at radius 1 is 1.25 bits per heavy atom. The summed E-state index contributed by atoms with van der Waals surface area (Å²) in [5, 5.41) is 16.4. The molecule has 1 N–H and O–H groups in total. The van der Waals surface area contributed by atoms with E-state index in [0.717, 1.165) is 35.7 Å². The average Bonchev–Trinajstić information content (AvgIpc) is 3.31. The molecular weight excluding hydrogens is 394 g/mol. The van der Waals surface area contributed by atoms with E-state index >= 15 is 0 Å². The highest BCUT2D eigenvalue weighted by Crippen LogP contribution is 2.30. The number of halogens is 1. The summed E-state index contributed by atoms with van der Waals surface area (Å²) >= 11 is 7.35. The third kappa shape index (κ3) is 3.55. The van der Waals surface area contributed by atoms with Gasteiger partial charge in [-0.25, -0.2) is 0 Å². The lowest BCUT2D eigenvalue weighted by atomic mass is 10.1. The molecular formula is C20H18ClN5OS. The highest BCUT2D eigenvalue weighted by atomic mass is 35.5. The van der Waals surface area contributed by atoms with E-state index in [9.17, 15) is 4.79 Å². The van der Waals surface area contributed by atoms with E-state index in [1.807, 2.05) is 47.2 Å². The molecule has 1 amide bonds. The van der Waals surface area contributed by atoms with Gasteiger partial charge in [0.2, 0.25) is 5.17 Å². The zero-order valence-electron chi connectivity index (χ0n) is 15.2. The standard InChI is InChI=1S/C20H18ClN5OS/c1-2-3-6-17-24-26-18(22)16(19(27)23-20(26)28-17)12-15-5-4-11-25(15)14-9-7-13(21)8-10-14/h4-5,7-12,22H,2-3,6H2,1H3/b16-12-,22-18?. The van der Waals surface area contributed by atoms with Crippen LogP contribution >= 0.6 is 23.4 Å². The van der Waals surface area contributed by atoms with Crippen LogP contribution in [0.15, 0.2) is 58.3 Å². The maximum atomic E-state index is 12.6. The Hall–Kier alpha value is -2.64. The number of carbonyl (C=O) groups is 1. The highest BCUT2D eigenvalue weighted by molar-refractivity contribution is 8.26. The van der Waals surface area contributed by atoms with Crippen molar-refractivity contribution in [2.75, 3.05) is 0 Å². The summed E-state index contributed by atoms with van der Waals surface area (Å²) in [5.41, 5.74) is 1.91. The van der Waals surface area contributed by atoms with Crippen molar-refractivity contribution in [3.8, 4) is 5.69 Å².